The smallest absolute Gasteiger partial charge is 0.228 e. The minimum absolute atomic E-state index is 0. The lowest BCUT2D eigenvalue weighted by Crippen LogP contribution is -2.52. The Bertz CT molecular complexity index is 501. The van der Waals surface area contributed by atoms with Crippen molar-refractivity contribution in [2.45, 2.75) is 76.7 Å². The number of halogens is 1. The van der Waals surface area contributed by atoms with Gasteiger partial charge in [-0.15, -0.1) is 12.4 Å². The van der Waals surface area contributed by atoms with Gasteiger partial charge in [0.05, 0.1) is 29.7 Å². The molecule has 5 atom stereocenters. The molecule has 3 N–H and O–H groups in total. The molecule has 3 aliphatic heterocycles. The minimum atomic E-state index is -0.673. The number of hydrogen-bond donors (Lipinski definition) is 3. The van der Waals surface area contributed by atoms with E-state index in [2.05, 4.69) is 16.0 Å². The molecule has 3 fully saturated rings. The van der Waals surface area contributed by atoms with E-state index in [1.54, 1.807) is 0 Å². The maximum absolute atomic E-state index is 13.0. The van der Waals surface area contributed by atoms with Gasteiger partial charge in [0.2, 0.25) is 11.8 Å². The Kier molecular flexibility index (Phi) is 8.34. The summed E-state index contributed by atoms with van der Waals surface area (Å²) in [6.45, 7) is 6.80. The second-order valence-corrected chi connectivity index (χ2v) is 8.11. The highest BCUT2D eigenvalue weighted by Gasteiger charge is 2.44. The SMILES string of the molecule is CC(NC(=O)CC1(C(=O)NC(C)C2CCCO2)CCNC1)C1CCCO1.Cl. The van der Waals surface area contributed by atoms with Gasteiger partial charge in [0, 0.05) is 26.2 Å². The van der Waals surface area contributed by atoms with Gasteiger partial charge < -0.3 is 25.4 Å². The van der Waals surface area contributed by atoms with Gasteiger partial charge in [0.1, 0.15) is 0 Å². The lowest BCUT2D eigenvalue weighted by molar-refractivity contribution is -0.137. The Morgan fingerprint density at radius 1 is 1.07 bits per heavy atom. The van der Waals surface area contributed by atoms with Gasteiger partial charge in [-0.1, -0.05) is 0 Å². The zero-order chi connectivity index (χ0) is 18.6. The summed E-state index contributed by atoms with van der Waals surface area (Å²) in [7, 11) is 0. The number of hydrogen-bond acceptors (Lipinski definition) is 5. The van der Waals surface area contributed by atoms with Crippen LogP contribution in [0.5, 0.6) is 0 Å². The maximum Gasteiger partial charge on any atom is 0.228 e. The first-order valence-electron chi connectivity index (χ1n) is 10.0. The van der Waals surface area contributed by atoms with Crippen LogP contribution in [-0.4, -0.2) is 62.4 Å². The molecule has 7 nitrogen and oxygen atoms in total. The van der Waals surface area contributed by atoms with Crippen molar-refractivity contribution in [2.24, 2.45) is 5.41 Å². The lowest BCUT2D eigenvalue weighted by Gasteiger charge is -2.30. The first-order valence-corrected chi connectivity index (χ1v) is 10.0. The predicted octanol–water partition coefficient (Wildman–Crippen LogP) is 1.15. The third-order valence-electron chi connectivity index (χ3n) is 6.02. The zero-order valence-corrected chi connectivity index (χ0v) is 17.2. The van der Waals surface area contributed by atoms with Crippen molar-refractivity contribution in [2.75, 3.05) is 26.3 Å². The largest absolute Gasteiger partial charge is 0.376 e. The summed E-state index contributed by atoms with van der Waals surface area (Å²) >= 11 is 0. The molecular formula is C19H34ClN3O4. The average Bonchev–Trinajstić information content (AvgIpc) is 3.36. The van der Waals surface area contributed by atoms with Gasteiger partial charge in [0.15, 0.2) is 0 Å². The molecule has 156 valence electrons. The van der Waals surface area contributed by atoms with Crippen LogP contribution in [0.3, 0.4) is 0 Å². The Balaban J connectivity index is 0.00000261. The third kappa shape index (κ3) is 5.56. The molecule has 0 aromatic carbocycles. The first-order chi connectivity index (χ1) is 12.5. The molecular weight excluding hydrogens is 370 g/mol. The monoisotopic (exact) mass is 403 g/mol. The number of carbonyl (C=O) groups excluding carboxylic acids is 2. The molecule has 8 heteroatoms. The summed E-state index contributed by atoms with van der Waals surface area (Å²) in [6.07, 6.45) is 5.10. The van der Waals surface area contributed by atoms with Crippen molar-refractivity contribution >= 4 is 24.2 Å². The quantitative estimate of drug-likeness (QED) is 0.593. The van der Waals surface area contributed by atoms with Crippen LogP contribution in [0, 0.1) is 5.41 Å². The summed E-state index contributed by atoms with van der Waals surface area (Å²) in [6, 6.07) is -0.0540. The first kappa shape index (κ1) is 22.4. The van der Waals surface area contributed by atoms with Gasteiger partial charge in [-0.05, 0) is 52.5 Å². The van der Waals surface area contributed by atoms with E-state index in [4.69, 9.17) is 9.47 Å². The number of nitrogens with one attached hydrogen (secondary N) is 3. The number of amides is 2. The van der Waals surface area contributed by atoms with Crippen LogP contribution in [0.1, 0.15) is 52.4 Å². The van der Waals surface area contributed by atoms with E-state index < -0.39 is 5.41 Å². The van der Waals surface area contributed by atoms with Crippen molar-refractivity contribution in [1.29, 1.82) is 0 Å². The average molecular weight is 404 g/mol. The Morgan fingerprint density at radius 3 is 2.15 bits per heavy atom. The molecule has 27 heavy (non-hydrogen) atoms. The molecule has 0 aromatic heterocycles. The summed E-state index contributed by atoms with van der Waals surface area (Å²) in [5, 5.41) is 9.40. The Labute approximate surface area is 168 Å². The van der Waals surface area contributed by atoms with Crippen LogP contribution < -0.4 is 16.0 Å². The van der Waals surface area contributed by atoms with E-state index in [-0.39, 0.29) is 54.9 Å². The summed E-state index contributed by atoms with van der Waals surface area (Å²) in [5.41, 5.74) is -0.673. The van der Waals surface area contributed by atoms with Crippen LogP contribution in [0.15, 0.2) is 0 Å². The normalized spacial score (nSPS) is 32.5. The van der Waals surface area contributed by atoms with Crippen molar-refractivity contribution in [3.8, 4) is 0 Å². The maximum atomic E-state index is 13.0. The Hall–Kier alpha value is -0.890. The Morgan fingerprint density at radius 2 is 1.67 bits per heavy atom. The van der Waals surface area contributed by atoms with Gasteiger partial charge in [-0.3, -0.25) is 9.59 Å². The molecule has 2 amide bonds. The number of ether oxygens (including phenoxy) is 2. The van der Waals surface area contributed by atoms with Crippen molar-refractivity contribution in [1.82, 2.24) is 16.0 Å². The minimum Gasteiger partial charge on any atom is -0.376 e. The summed E-state index contributed by atoms with van der Waals surface area (Å²) in [5.74, 6) is -0.109. The standard InChI is InChI=1S/C19H33N3O4.ClH/c1-13(15-5-3-9-25-15)21-17(23)11-19(7-8-20-12-19)18(24)22-14(2)16-6-4-10-26-16;/h13-16,20H,3-12H2,1-2H3,(H,21,23)(H,22,24);1H. The van der Waals surface area contributed by atoms with Crippen LogP contribution in [0.2, 0.25) is 0 Å². The fraction of sp³-hybridized carbons (Fsp3) is 0.895. The second-order valence-electron chi connectivity index (χ2n) is 8.11. The molecule has 0 saturated carbocycles. The predicted molar refractivity (Wildman–Crippen MR) is 105 cm³/mol. The number of carbonyl (C=O) groups is 2. The van der Waals surface area contributed by atoms with E-state index in [0.717, 1.165) is 45.4 Å². The van der Waals surface area contributed by atoms with Crippen molar-refractivity contribution in [3.05, 3.63) is 0 Å². The van der Waals surface area contributed by atoms with Gasteiger partial charge in [-0.25, -0.2) is 0 Å². The fourth-order valence-corrected chi connectivity index (χ4v) is 4.32. The van der Waals surface area contributed by atoms with E-state index in [9.17, 15) is 9.59 Å². The molecule has 0 bridgehead atoms. The van der Waals surface area contributed by atoms with E-state index >= 15 is 0 Å². The van der Waals surface area contributed by atoms with Crippen LogP contribution in [0.4, 0.5) is 0 Å². The summed E-state index contributed by atoms with van der Waals surface area (Å²) in [4.78, 5) is 25.6. The highest BCUT2D eigenvalue weighted by molar-refractivity contribution is 5.89. The van der Waals surface area contributed by atoms with Crippen LogP contribution in [-0.2, 0) is 19.1 Å². The second kappa shape index (κ2) is 10.0. The topological polar surface area (TPSA) is 88.7 Å². The zero-order valence-electron chi connectivity index (χ0n) is 16.4. The van der Waals surface area contributed by atoms with Crippen LogP contribution in [0.25, 0.3) is 0 Å². The molecule has 3 saturated heterocycles. The molecule has 0 spiro atoms. The van der Waals surface area contributed by atoms with E-state index in [1.165, 1.54) is 0 Å². The van der Waals surface area contributed by atoms with Crippen molar-refractivity contribution in [3.63, 3.8) is 0 Å². The molecule has 3 heterocycles. The van der Waals surface area contributed by atoms with Gasteiger partial charge in [0.25, 0.3) is 0 Å². The third-order valence-corrected chi connectivity index (χ3v) is 6.02. The lowest BCUT2D eigenvalue weighted by atomic mass is 9.81. The van der Waals surface area contributed by atoms with E-state index in [1.807, 2.05) is 13.8 Å². The van der Waals surface area contributed by atoms with Gasteiger partial charge >= 0.3 is 0 Å². The number of rotatable bonds is 7. The fourth-order valence-electron chi connectivity index (χ4n) is 4.32. The summed E-state index contributed by atoms with van der Waals surface area (Å²) < 4.78 is 11.3. The van der Waals surface area contributed by atoms with E-state index in [0.29, 0.717) is 13.0 Å². The molecule has 0 aromatic rings. The molecule has 3 aliphatic rings. The van der Waals surface area contributed by atoms with Crippen LogP contribution >= 0.6 is 12.4 Å². The molecule has 5 unspecified atom stereocenters. The van der Waals surface area contributed by atoms with Crippen molar-refractivity contribution < 1.29 is 19.1 Å². The molecule has 0 aliphatic carbocycles. The highest BCUT2D eigenvalue weighted by Crippen LogP contribution is 2.31. The van der Waals surface area contributed by atoms with Gasteiger partial charge in [-0.2, -0.15) is 0 Å². The molecule has 3 rings (SSSR count). The molecule has 0 radical (unpaired) electrons. The highest BCUT2D eigenvalue weighted by atomic mass is 35.5.